The van der Waals surface area contributed by atoms with Gasteiger partial charge in [-0.05, 0) is 41.5 Å². The number of rotatable bonds is 20. The topological polar surface area (TPSA) is 64.6 Å². The van der Waals surface area contributed by atoms with Crippen LogP contribution in [0.25, 0.3) is 0 Å². The van der Waals surface area contributed by atoms with Gasteiger partial charge in [0.2, 0.25) is 0 Å². The van der Waals surface area contributed by atoms with E-state index in [1.165, 1.54) is 0 Å². The summed E-state index contributed by atoms with van der Waals surface area (Å²) in [6, 6.07) is 0. The van der Waals surface area contributed by atoms with E-state index >= 15 is 0 Å². The zero-order valence-corrected chi connectivity index (χ0v) is 19.3. The van der Waals surface area contributed by atoms with Crippen LogP contribution in [-0.2, 0) is 33.2 Å². The molecule has 0 fully saturated rings. The van der Waals surface area contributed by atoms with Gasteiger partial charge < -0.3 is 33.2 Å². The minimum atomic E-state index is 0.526. The maximum atomic E-state index is 6.22. The lowest BCUT2D eigenvalue weighted by molar-refractivity contribution is 0.0437. The van der Waals surface area contributed by atoms with Gasteiger partial charge in [0.25, 0.3) is 0 Å². The van der Waals surface area contributed by atoms with Crippen LogP contribution in [0.2, 0.25) is 0 Å². The Kier molecular flexibility index (Phi) is 19.1. The molecule has 0 heterocycles. The molecular weight excluding hydrogens is 376 g/mol. The van der Waals surface area contributed by atoms with Gasteiger partial charge in [-0.2, -0.15) is 0 Å². The first-order valence-electron chi connectivity index (χ1n) is 10.7. The molecule has 172 valence electrons. The predicted octanol–water partition coefficient (Wildman–Crippen LogP) is 4.43. The summed E-state index contributed by atoms with van der Waals surface area (Å²) in [5.41, 5.74) is 0. The standard InChI is InChI=1S/C22H42O7/c1-7-23-15-17-25-13-11-21(19(5)27-9-3)29-22(20(6)28-10-4)12-14-26-18-16-24-8-2/h7-18H2,1-6H3. The fraction of sp³-hybridized carbons (Fsp3) is 0.818. The van der Waals surface area contributed by atoms with E-state index < -0.39 is 0 Å². The molecule has 0 radical (unpaired) electrons. The highest BCUT2D eigenvalue weighted by molar-refractivity contribution is 5.08. The molecule has 0 unspecified atom stereocenters. The van der Waals surface area contributed by atoms with Crippen molar-refractivity contribution in [1.82, 2.24) is 0 Å². The Balaban J connectivity index is 4.86. The van der Waals surface area contributed by atoms with Crippen molar-refractivity contribution in [2.45, 2.75) is 54.4 Å². The highest BCUT2D eigenvalue weighted by atomic mass is 16.5. The average Bonchev–Trinajstić information content (AvgIpc) is 2.71. The minimum Gasteiger partial charge on any atom is -0.495 e. The van der Waals surface area contributed by atoms with Gasteiger partial charge in [0.15, 0.2) is 0 Å². The summed E-state index contributed by atoms with van der Waals surface area (Å²) in [7, 11) is 0. The molecule has 0 aliphatic rings. The SMILES string of the molecule is CCOCCOCCC(OC(CCOCCOCC)=C(C)OCC)=C(C)OCC. The van der Waals surface area contributed by atoms with E-state index in [2.05, 4.69) is 0 Å². The maximum absolute atomic E-state index is 6.22. The second-order valence-electron chi connectivity index (χ2n) is 6.05. The lowest BCUT2D eigenvalue weighted by atomic mass is 10.3. The summed E-state index contributed by atoms with van der Waals surface area (Å²) in [4.78, 5) is 0. The number of ether oxygens (including phenoxy) is 7. The molecule has 0 aromatic carbocycles. The van der Waals surface area contributed by atoms with Crippen LogP contribution in [-0.4, -0.2) is 66.1 Å². The quantitative estimate of drug-likeness (QED) is 0.214. The van der Waals surface area contributed by atoms with Gasteiger partial charge in [0, 0.05) is 26.1 Å². The zero-order valence-electron chi connectivity index (χ0n) is 19.3. The molecule has 0 aromatic rings. The molecule has 0 atom stereocenters. The van der Waals surface area contributed by atoms with Gasteiger partial charge in [-0.25, -0.2) is 0 Å². The van der Waals surface area contributed by atoms with Crippen LogP contribution < -0.4 is 0 Å². The predicted molar refractivity (Wildman–Crippen MR) is 114 cm³/mol. The van der Waals surface area contributed by atoms with E-state index in [0.29, 0.717) is 78.9 Å². The van der Waals surface area contributed by atoms with Crippen LogP contribution in [0.5, 0.6) is 0 Å². The molecule has 0 amide bonds. The zero-order chi connectivity index (χ0) is 21.7. The summed E-state index contributed by atoms with van der Waals surface area (Å²) < 4.78 is 39.4. The summed E-state index contributed by atoms with van der Waals surface area (Å²) in [6.07, 6.45) is 1.21. The largest absolute Gasteiger partial charge is 0.495 e. The van der Waals surface area contributed by atoms with Crippen LogP contribution in [0.4, 0.5) is 0 Å². The minimum absolute atomic E-state index is 0.526. The van der Waals surface area contributed by atoms with Gasteiger partial charge in [0.05, 0.1) is 52.9 Å². The first kappa shape index (κ1) is 27.7. The molecule has 0 bridgehead atoms. The monoisotopic (exact) mass is 418 g/mol. The Hall–Kier alpha value is -1.28. The molecule has 0 saturated carbocycles. The van der Waals surface area contributed by atoms with Gasteiger partial charge >= 0.3 is 0 Å². The Labute approximate surface area is 177 Å². The summed E-state index contributed by atoms with van der Waals surface area (Å²) in [5, 5.41) is 0. The first-order chi connectivity index (χ1) is 14.1. The molecule has 7 heteroatoms. The third kappa shape index (κ3) is 15.3. The van der Waals surface area contributed by atoms with Crippen molar-refractivity contribution in [3.8, 4) is 0 Å². The molecule has 0 rings (SSSR count). The maximum Gasteiger partial charge on any atom is 0.143 e. The van der Waals surface area contributed by atoms with Gasteiger partial charge in [-0.1, -0.05) is 0 Å². The Morgan fingerprint density at radius 2 is 0.862 bits per heavy atom. The average molecular weight is 419 g/mol. The third-order valence-corrected chi connectivity index (χ3v) is 3.85. The highest BCUT2D eigenvalue weighted by Crippen LogP contribution is 2.21. The molecule has 0 aromatic heterocycles. The number of allylic oxidation sites excluding steroid dienone is 2. The van der Waals surface area contributed by atoms with Crippen molar-refractivity contribution in [3.63, 3.8) is 0 Å². The molecule has 0 aliphatic carbocycles. The molecule has 0 aliphatic heterocycles. The van der Waals surface area contributed by atoms with Crippen LogP contribution >= 0.6 is 0 Å². The van der Waals surface area contributed by atoms with E-state index in [-0.39, 0.29) is 0 Å². The van der Waals surface area contributed by atoms with Gasteiger partial charge in [-0.3, -0.25) is 0 Å². The summed E-state index contributed by atoms with van der Waals surface area (Å²) >= 11 is 0. The van der Waals surface area contributed by atoms with Crippen molar-refractivity contribution < 1.29 is 33.2 Å². The second kappa shape index (κ2) is 20.0. The summed E-state index contributed by atoms with van der Waals surface area (Å²) in [6.45, 7) is 17.6. The lowest BCUT2D eigenvalue weighted by Gasteiger charge is -2.19. The van der Waals surface area contributed by atoms with Gasteiger partial charge in [-0.15, -0.1) is 0 Å². The van der Waals surface area contributed by atoms with Crippen molar-refractivity contribution >= 4 is 0 Å². The van der Waals surface area contributed by atoms with Crippen LogP contribution in [0.3, 0.4) is 0 Å². The molecule has 29 heavy (non-hydrogen) atoms. The van der Waals surface area contributed by atoms with E-state index in [9.17, 15) is 0 Å². The smallest absolute Gasteiger partial charge is 0.143 e. The molecule has 0 saturated heterocycles. The fourth-order valence-electron chi connectivity index (χ4n) is 2.40. The Bertz CT molecular complexity index is 406. The Morgan fingerprint density at radius 1 is 0.483 bits per heavy atom. The van der Waals surface area contributed by atoms with E-state index in [0.717, 1.165) is 23.0 Å². The van der Waals surface area contributed by atoms with Gasteiger partial charge in [0.1, 0.15) is 23.0 Å². The molecule has 0 spiro atoms. The van der Waals surface area contributed by atoms with E-state index in [1.54, 1.807) is 0 Å². The van der Waals surface area contributed by atoms with Crippen LogP contribution in [0, 0.1) is 0 Å². The summed E-state index contributed by atoms with van der Waals surface area (Å²) in [5.74, 6) is 2.98. The molecule has 7 nitrogen and oxygen atoms in total. The van der Waals surface area contributed by atoms with E-state index in [1.807, 2.05) is 41.5 Å². The molecular formula is C22H42O7. The van der Waals surface area contributed by atoms with Crippen molar-refractivity contribution in [2.24, 2.45) is 0 Å². The van der Waals surface area contributed by atoms with Crippen molar-refractivity contribution in [2.75, 3.05) is 66.1 Å². The lowest BCUT2D eigenvalue weighted by Crippen LogP contribution is -2.11. The molecule has 0 N–H and O–H groups in total. The highest BCUT2D eigenvalue weighted by Gasteiger charge is 2.13. The van der Waals surface area contributed by atoms with Crippen LogP contribution in [0.15, 0.2) is 23.0 Å². The number of hydrogen-bond donors (Lipinski definition) is 0. The third-order valence-electron chi connectivity index (χ3n) is 3.85. The number of hydrogen-bond acceptors (Lipinski definition) is 7. The van der Waals surface area contributed by atoms with Crippen molar-refractivity contribution in [3.05, 3.63) is 23.0 Å². The fourth-order valence-corrected chi connectivity index (χ4v) is 2.40. The van der Waals surface area contributed by atoms with Crippen LogP contribution in [0.1, 0.15) is 54.4 Å². The van der Waals surface area contributed by atoms with E-state index in [4.69, 9.17) is 33.2 Å². The normalized spacial score (nSPS) is 13.0. The second-order valence-corrected chi connectivity index (χ2v) is 6.05. The first-order valence-corrected chi connectivity index (χ1v) is 10.7. The van der Waals surface area contributed by atoms with Crippen molar-refractivity contribution in [1.29, 1.82) is 0 Å². The Morgan fingerprint density at radius 3 is 1.21 bits per heavy atom.